The minimum atomic E-state index is 0.143. The highest BCUT2D eigenvalue weighted by Crippen LogP contribution is 2.50. The molecule has 0 atom stereocenters. The topological polar surface area (TPSA) is 17.1 Å². The van der Waals surface area contributed by atoms with E-state index in [9.17, 15) is 4.79 Å². The van der Waals surface area contributed by atoms with Gasteiger partial charge in [-0.05, 0) is 25.2 Å². The Balaban J connectivity index is 2.41. The zero-order chi connectivity index (χ0) is 8.48. The van der Waals surface area contributed by atoms with Crippen LogP contribution in [0.15, 0.2) is 0 Å². The van der Waals surface area contributed by atoms with E-state index < -0.39 is 0 Å². The van der Waals surface area contributed by atoms with E-state index in [0.717, 1.165) is 25.7 Å². The molecule has 0 N–H and O–H groups in total. The fraction of sp³-hybridized carbons (Fsp3) is 0.900. The fourth-order valence-corrected chi connectivity index (χ4v) is 1.57. The summed E-state index contributed by atoms with van der Waals surface area (Å²) in [5.41, 5.74) is 0.143. The van der Waals surface area contributed by atoms with Crippen molar-refractivity contribution in [2.45, 2.75) is 46.5 Å². The van der Waals surface area contributed by atoms with E-state index in [1.54, 1.807) is 0 Å². The van der Waals surface area contributed by atoms with Gasteiger partial charge in [0.25, 0.3) is 0 Å². The normalized spacial score (nSPS) is 20.4. The van der Waals surface area contributed by atoms with Crippen LogP contribution in [0.25, 0.3) is 0 Å². The SMILES string of the molecule is CCC1(C(=O)CC(C)C)CC1. The lowest BCUT2D eigenvalue weighted by molar-refractivity contribution is -0.125. The first-order valence-electron chi connectivity index (χ1n) is 4.64. The molecule has 0 aromatic heterocycles. The van der Waals surface area contributed by atoms with E-state index in [2.05, 4.69) is 20.8 Å². The molecule has 11 heavy (non-hydrogen) atoms. The van der Waals surface area contributed by atoms with Crippen molar-refractivity contribution in [1.82, 2.24) is 0 Å². The predicted molar refractivity (Wildman–Crippen MR) is 46.4 cm³/mol. The van der Waals surface area contributed by atoms with Crippen LogP contribution >= 0.6 is 0 Å². The van der Waals surface area contributed by atoms with Crippen molar-refractivity contribution in [3.63, 3.8) is 0 Å². The number of ketones is 1. The lowest BCUT2D eigenvalue weighted by Crippen LogP contribution is -2.16. The van der Waals surface area contributed by atoms with Crippen LogP contribution in [-0.4, -0.2) is 5.78 Å². The summed E-state index contributed by atoms with van der Waals surface area (Å²) in [5, 5.41) is 0. The van der Waals surface area contributed by atoms with E-state index in [1.807, 2.05) is 0 Å². The molecule has 0 radical (unpaired) electrons. The molecule has 1 aliphatic rings. The Bertz CT molecular complexity index is 154. The highest BCUT2D eigenvalue weighted by molar-refractivity contribution is 5.87. The molecule has 1 saturated carbocycles. The van der Waals surface area contributed by atoms with E-state index in [1.165, 1.54) is 0 Å². The Morgan fingerprint density at radius 1 is 1.45 bits per heavy atom. The molecular weight excluding hydrogens is 136 g/mol. The van der Waals surface area contributed by atoms with Gasteiger partial charge in [-0.25, -0.2) is 0 Å². The molecule has 1 heteroatoms. The molecule has 1 fully saturated rings. The largest absolute Gasteiger partial charge is 0.299 e. The van der Waals surface area contributed by atoms with Crippen LogP contribution < -0.4 is 0 Å². The van der Waals surface area contributed by atoms with Gasteiger partial charge in [0.15, 0.2) is 0 Å². The summed E-state index contributed by atoms with van der Waals surface area (Å²) in [4.78, 5) is 11.6. The molecular formula is C10H18O. The molecule has 1 nitrogen and oxygen atoms in total. The van der Waals surface area contributed by atoms with Gasteiger partial charge in [-0.1, -0.05) is 20.8 Å². The summed E-state index contributed by atoms with van der Waals surface area (Å²) >= 11 is 0. The van der Waals surface area contributed by atoms with Gasteiger partial charge in [-0.2, -0.15) is 0 Å². The monoisotopic (exact) mass is 154 g/mol. The second-order valence-corrected chi connectivity index (χ2v) is 4.16. The van der Waals surface area contributed by atoms with Crippen LogP contribution in [0.4, 0.5) is 0 Å². The highest BCUT2D eigenvalue weighted by Gasteiger charge is 2.46. The van der Waals surface area contributed by atoms with Crippen LogP contribution in [0, 0.1) is 11.3 Å². The minimum absolute atomic E-state index is 0.143. The molecule has 0 heterocycles. The van der Waals surface area contributed by atoms with Gasteiger partial charge >= 0.3 is 0 Å². The summed E-state index contributed by atoms with van der Waals surface area (Å²) in [5.74, 6) is 1.04. The highest BCUT2D eigenvalue weighted by atomic mass is 16.1. The molecule has 1 rings (SSSR count). The van der Waals surface area contributed by atoms with Crippen LogP contribution in [0.2, 0.25) is 0 Å². The summed E-state index contributed by atoms with van der Waals surface area (Å²) in [6.07, 6.45) is 4.14. The number of carbonyl (C=O) groups is 1. The van der Waals surface area contributed by atoms with E-state index in [4.69, 9.17) is 0 Å². The molecule has 0 bridgehead atoms. The van der Waals surface area contributed by atoms with Gasteiger partial charge < -0.3 is 0 Å². The standard InChI is InChI=1S/C10H18O/c1-4-10(5-6-10)9(11)7-8(2)3/h8H,4-7H2,1-3H3. The smallest absolute Gasteiger partial charge is 0.139 e. The summed E-state index contributed by atoms with van der Waals surface area (Å²) in [6.45, 7) is 6.36. The van der Waals surface area contributed by atoms with Crippen molar-refractivity contribution < 1.29 is 4.79 Å². The van der Waals surface area contributed by atoms with Gasteiger partial charge in [0.2, 0.25) is 0 Å². The Hall–Kier alpha value is -0.330. The first kappa shape index (κ1) is 8.76. The van der Waals surface area contributed by atoms with Crippen LogP contribution in [-0.2, 0) is 4.79 Å². The van der Waals surface area contributed by atoms with Gasteiger partial charge in [0.1, 0.15) is 5.78 Å². The molecule has 1 aliphatic carbocycles. The zero-order valence-electron chi connectivity index (χ0n) is 7.81. The lowest BCUT2D eigenvalue weighted by Gasteiger charge is -2.11. The van der Waals surface area contributed by atoms with Gasteiger partial charge in [-0.15, -0.1) is 0 Å². The van der Waals surface area contributed by atoms with Crippen molar-refractivity contribution in [2.24, 2.45) is 11.3 Å². The van der Waals surface area contributed by atoms with E-state index >= 15 is 0 Å². The molecule has 0 aromatic carbocycles. The van der Waals surface area contributed by atoms with Crippen molar-refractivity contribution >= 4 is 5.78 Å². The van der Waals surface area contributed by atoms with Gasteiger partial charge in [-0.3, -0.25) is 4.79 Å². The molecule has 64 valence electrons. The number of hydrogen-bond acceptors (Lipinski definition) is 1. The maximum atomic E-state index is 11.6. The van der Waals surface area contributed by atoms with E-state index in [-0.39, 0.29) is 5.41 Å². The first-order chi connectivity index (χ1) is 5.10. The quantitative estimate of drug-likeness (QED) is 0.608. The van der Waals surface area contributed by atoms with Crippen molar-refractivity contribution in [3.05, 3.63) is 0 Å². The molecule has 0 unspecified atom stereocenters. The van der Waals surface area contributed by atoms with Crippen LogP contribution in [0.1, 0.15) is 46.5 Å². The number of rotatable bonds is 4. The molecule has 0 aromatic rings. The third kappa shape index (κ3) is 1.82. The summed E-state index contributed by atoms with van der Waals surface area (Å²) in [7, 11) is 0. The maximum absolute atomic E-state index is 11.6. The van der Waals surface area contributed by atoms with Crippen molar-refractivity contribution in [2.75, 3.05) is 0 Å². The first-order valence-corrected chi connectivity index (χ1v) is 4.64. The molecule has 0 amide bonds. The van der Waals surface area contributed by atoms with Gasteiger partial charge in [0, 0.05) is 11.8 Å². The minimum Gasteiger partial charge on any atom is -0.299 e. The third-order valence-electron chi connectivity index (χ3n) is 2.72. The average Bonchev–Trinajstić information content (AvgIpc) is 2.65. The van der Waals surface area contributed by atoms with Crippen molar-refractivity contribution in [1.29, 1.82) is 0 Å². The van der Waals surface area contributed by atoms with E-state index in [0.29, 0.717) is 11.7 Å². The Morgan fingerprint density at radius 2 is 2.00 bits per heavy atom. The second-order valence-electron chi connectivity index (χ2n) is 4.16. The van der Waals surface area contributed by atoms with Crippen LogP contribution in [0.3, 0.4) is 0 Å². The Kier molecular flexibility index (Phi) is 2.36. The zero-order valence-corrected chi connectivity index (χ0v) is 7.81. The second kappa shape index (κ2) is 2.96. The summed E-state index contributed by atoms with van der Waals surface area (Å²) < 4.78 is 0. The van der Waals surface area contributed by atoms with Crippen molar-refractivity contribution in [3.8, 4) is 0 Å². The summed E-state index contributed by atoms with van der Waals surface area (Å²) in [6, 6.07) is 0. The molecule has 0 saturated heterocycles. The van der Waals surface area contributed by atoms with Crippen LogP contribution in [0.5, 0.6) is 0 Å². The predicted octanol–water partition coefficient (Wildman–Crippen LogP) is 2.79. The Labute approximate surface area is 69.2 Å². The number of carbonyl (C=O) groups excluding carboxylic acids is 1. The number of Topliss-reactive ketones (excluding diaryl/α,β-unsaturated/α-hetero) is 1. The number of hydrogen-bond donors (Lipinski definition) is 0. The van der Waals surface area contributed by atoms with Gasteiger partial charge in [0.05, 0.1) is 0 Å². The lowest BCUT2D eigenvalue weighted by atomic mass is 9.91. The molecule has 0 spiro atoms. The maximum Gasteiger partial charge on any atom is 0.139 e. The molecule has 0 aliphatic heterocycles. The average molecular weight is 154 g/mol. The Morgan fingerprint density at radius 3 is 2.27 bits per heavy atom. The third-order valence-corrected chi connectivity index (χ3v) is 2.72. The fourth-order valence-electron chi connectivity index (χ4n) is 1.57.